The molecule has 0 saturated carbocycles. The van der Waals surface area contributed by atoms with Gasteiger partial charge in [0.1, 0.15) is 10.8 Å². The summed E-state index contributed by atoms with van der Waals surface area (Å²) in [4.78, 5) is 16.1. The standard InChI is InChI=1S/C23H24F3NO3S/c1-3-20(8-5-13-30-19-7-4-6-16(14-19)15-21(28)29)31-22(27-2)17-9-11-18(12-10-17)23(24,25)26/h4,6-12,14H,3,5,13,15H2,1-2H3,(H,28,29)/b20-8+,27-22?. The van der Waals surface area contributed by atoms with Crippen molar-refractivity contribution in [2.75, 3.05) is 13.7 Å². The van der Waals surface area contributed by atoms with Crippen LogP contribution in [0.25, 0.3) is 0 Å². The van der Waals surface area contributed by atoms with Crippen LogP contribution < -0.4 is 4.74 Å². The number of allylic oxidation sites excluding steroid dienone is 1. The first-order valence-electron chi connectivity index (χ1n) is 9.67. The molecule has 31 heavy (non-hydrogen) atoms. The molecular weight excluding hydrogens is 427 g/mol. The molecule has 0 aromatic heterocycles. The third-order valence-electron chi connectivity index (χ3n) is 4.25. The van der Waals surface area contributed by atoms with Crippen LogP contribution in [0, 0.1) is 0 Å². The first kappa shape index (κ1) is 24.5. The predicted octanol–water partition coefficient (Wildman–Crippen LogP) is 6.21. The summed E-state index contributed by atoms with van der Waals surface area (Å²) in [5.41, 5.74) is 0.615. The van der Waals surface area contributed by atoms with E-state index in [0.29, 0.717) is 34.9 Å². The van der Waals surface area contributed by atoms with Gasteiger partial charge in [-0.1, -0.05) is 49.0 Å². The van der Waals surface area contributed by atoms with Crippen LogP contribution in [0.3, 0.4) is 0 Å². The Morgan fingerprint density at radius 3 is 2.48 bits per heavy atom. The molecule has 0 aliphatic rings. The molecule has 0 amide bonds. The largest absolute Gasteiger partial charge is 0.493 e. The number of carboxylic acid groups (broad SMARTS) is 1. The minimum atomic E-state index is -4.36. The Morgan fingerprint density at radius 2 is 1.90 bits per heavy atom. The van der Waals surface area contributed by atoms with Crippen LogP contribution in [0.1, 0.15) is 36.5 Å². The second-order valence-corrected chi connectivity index (χ2v) is 7.70. The van der Waals surface area contributed by atoms with Crippen molar-refractivity contribution in [3.8, 4) is 5.75 Å². The number of hydrogen-bond acceptors (Lipinski definition) is 4. The molecular formula is C23H24F3NO3S. The van der Waals surface area contributed by atoms with Gasteiger partial charge in [0.15, 0.2) is 0 Å². The lowest BCUT2D eigenvalue weighted by atomic mass is 10.1. The molecule has 0 unspecified atom stereocenters. The van der Waals surface area contributed by atoms with Crippen LogP contribution in [0.4, 0.5) is 13.2 Å². The second-order valence-electron chi connectivity index (χ2n) is 6.58. The van der Waals surface area contributed by atoms with Crippen molar-refractivity contribution in [1.29, 1.82) is 0 Å². The molecule has 166 valence electrons. The third kappa shape index (κ3) is 8.13. The summed E-state index contributed by atoms with van der Waals surface area (Å²) in [7, 11) is 1.61. The number of thioether (sulfide) groups is 1. The van der Waals surface area contributed by atoms with Gasteiger partial charge in [0.05, 0.1) is 18.6 Å². The number of benzene rings is 2. The molecule has 0 spiro atoms. The molecule has 0 fully saturated rings. The van der Waals surface area contributed by atoms with Gasteiger partial charge in [0.2, 0.25) is 0 Å². The van der Waals surface area contributed by atoms with Crippen LogP contribution in [0.2, 0.25) is 0 Å². The minimum absolute atomic E-state index is 0.0587. The minimum Gasteiger partial charge on any atom is -0.493 e. The number of rotatable bonds is 9. The second kappa shape index (κ2) is 11.6. The summed E-state index contributed by atoms with van der Waals surface area (Å²) in [5.74, 6) is -0.287. The van der Waals surface area contributed by atoms with Crippen LogP contribution in [-0.2, 0) is 17.4 Å². The van der Waals surface area contributed by atoms with Gasteiger partial charge >= 0.3 is 12.1 Å². The summed E-state index contributed by atoms with van der Waals surface area (Å²) in [6.07, 6.45) is -1.03. The Kier molecular flexibility index (Phi) is 9.18. The highest BCUT2D eigenvalue weighted by molar-refractivity contribution is 8.17. The molecule has 0 atom stereocenters. The van der Waals surface area contributed by atoms with Crippen LogP contribution in [0.5, 0.6) is 5.75 Å². The van der Waals surface area contributed by atoms with Gasteiger partial charge in [-0.2, -0.15) is 13.2 Å². The van der Waals surface area contributed by atoms with Crippen LogP contribution in [0.15, 0.2) is 64.5 Å². The van der Waals surface area contributed by atoms with E-state index in [9.17, 15) is 18.0 Å². The zero-order valence-electron chi connectivity index (χ0n) is 17.3. The van der Waals surface area contributed by atoms with E-state index in [2.05, 4.69) is 4.99 Å². The summed E-state index contributed by atoms with van der Waals surface area (Å²) in [5, 5.41) is 9.52. The molecule has 0 saturated heterocycles. The first-order valence-corrected chi connectivity index (χ1v) is 10.5. The van der Waals surface area contributed by atoms with E-state index >= 15 is 0 Å². The van der Waals surface area contributed by atoms with E-state index in [4.69, 9.17) is 9.84 Å². The molecule has 2 aromatic rings. The molecule has 0 heterocycles. The van der Waals surface area contributed by atoms with Gasteiger partial charge in [-0.15, -0.1) is 0 Å². The molecule has 0 aliphatic carbocycles. The Morgan fingerprint density at radius 1 is 1.19 bits per heavy atom. The highest BCUT2D eigenvalue weighted by Gasteiger charge is 2.30. The molecule has 1 N–H and O–H groups in total. The number of aliphatic imine (C=N–C) groups is 1. The number of aliphatic carboxylic acids is 1. The molecule has 8 heteroatoms. The SMILES string of the molecule is CC/C(=C\CCOc1cccc(CC(=O)O)c1)SC(=NC)c1ccc(C(F)(F)F)cc1. The van der Waals surface area contributed by atoms with Crippen LogP contribution in [-0.4, -0.2) is 29.8 Å². The number of halogens is 3. The Bertz CT molecular complexity index is 938. The third-order valence-corrected chi connectivity index (χ3v) is 5.58. The molecule has 0 aliphatic heterocycles. The number of nitrogens with zero attached hydrogens (tertiary/aromatic N) is 1. The van der Waals surface area contributed by atoms with E-state index < -0.39 is 17.7 Å². The maximum absolute atomic E-state index is 12.8. The van der Waals surface area contributed by atoms with Crippen molar-refractivity contribution in [3.63, 3.8) is 0 Å². The van der Waals surface area contributed by atoms with Gasteiger partial charge in [-0.3, -0.25) is 9.79 Å². The number of carboxylic acids is 1. The predicted molar refractivity (Wildman–Crippen MR) is 118 cm³/mol. The Balaban J connectivity index is 1.95. The van der Waals surface area contributed by atoms with Gasteiger partial charge in [-0.25, -0.2) is 0 Å². The van der Waals surface area contributed by atoms with Crippen molar-refractivity contribution < 1.29 is 27.8 Å². The Hall–Kier alpha value is -2.74. The van der Waals surface area contributed by atoms with E-state index in [1.54, 1.807) is 31.3 Å². The normalized spacial score (nSPS) is 12.7. The highest BCUT2D eigenvalue weighted by Crippen LogP contribution is 2.31. The van der Waals surface area contributed by atoms with Crippen molar-refractivity contribution in [2.45, 2.75) is 32.4 Å². The quantitative estimate of drug-likeness (QED) is 0.280. The fraction of sp³-hybridized carbons (Fsp3) is 0.304. The zero-order chi connectivity index (χ0) is 22.9. The molecule has 2 rings (SSSR count). The van der Waals surface area contributed by atoms with Crippen molar-refractivity contribution >= 4 is 22.8 Å². The summed E-state index contributed by atoms with van der Waals surface area (Å²) < 4.78 is 44.0. The summed E-state index contributed by atoms with van der Waals surface area (Å²) in [6, 6.07) is 11.9. The van der Waals surface area contributed by atoms with E-state index in [-0.39, 0.29) is 6.42 Å². The maximum atomic E-state index is 12.8. The van der Waals surface area contributed by atoms with Gasteiger partial charge in [-0.05, 0) is 41.2 Å². The van der Waals surface area contributed by atoms with Crippen molar-refractivity contribution in [2.24, 2.45) is 4.99 Å². The van der Waals surface area contributed by atoms with E-state index in [1.165, 1.54) is 23.9 Å². The fourth-order valence-electron chi connectivity index (χ4n) is 2.73. The molecule has 0 radical (unpaired) electrons. The lowest BCUT2D eigenvalue weighted by molar-refractivity contribution is -0.138. The van der Waals surface area contributed by atoms with Gasteiger partial charge in [0, 0.05) is 19.0 Å². The summed E-state index contributed by atoms with van der Waals surface area (Å²) >= 11 is 1.42. The average molecular weight is 452 g/mol. The highest BCUT2D eigenvalue weighted by atomic mass is 32.2. The number of ether oxygens (including phenoxy) is 1. The number of hydrogen-bond donors (Lipinski definition) is 1. The van der Waals surface area contributed by atoms with E-state index in [0.717, 1.165) is 23.5 Å². The molecule has 2 aromatic carbocycles. The summed E-state index contributed by atoms with van der Waals surface area (Å²) in [6.45, 7) is 2.41. The number of alkyl halides is 3. The Labute approximate surface area is 183 Å². The lowest BCUT2D eigenvalue weighted by Gasteiger charge is -2.11. The first-order chi connectivity index (χ1) is 14.7. The van der Waals surface area contributed by atoms with E-state index in [1.807, 2.05) is 13.0 Å². The zero-order valence-corrected chi connectivity index (χ0v) is 18.1. The van der Waals surface area contributed by atoms with Gasteiger partial charge < -0.3 is 9.84 Å². The smallest absolute Gasteiger partial charge is 0.416 e. The monoisotopic (exact) mass is 451 g/mol. The number of carbonyl (C=O) groups is 1. The molecule has 4 nitrogen and oxygen atoms in total. The fourth-order valence-corrected chi connectivity index (χ4v) is 3.67. The van der Waals surface area contributed by atoms with Gasteiger partial charge in [0.25, 0.3) is 0 Å². The maximum Gasteiger partial charge on any atom is 0.416 e. The average Bonchev–Trinajstić information content (AvgIpc) is 2.72. The van der Waals surface area contributed by atoms with Crippen molar-refractivity contribution in [3.05, 3.63) is 76.2 Å². The molecule has 0 bridgehead atoms. The topological polar surface area (TPSA) is 58.9 Å². The van der Waals surface area contributed by atoms with Crippen molar-refractivity contribution in [1.82, 2.24) is 0 Å². The van der Waals surface area contributed by atoms with Crippen LogP contribution >= 0.6 is 11.8 Å². The lowest BCUT2D eigenvalue weighted by Crippen LogP contribution is -2.05.